The van der Waals surface area contributed by atoms with Crippen molar-refractivity contribution in [1.29, 1.82) is 0 Å². The van der Waals surface area contributed by atoms with Crippen molar-refractivity contribution in [2.75, 3.05) is 20.3 Å². The van der Waals surface area contributed by atoms with Gasteiger partial charge in [0.2, 0.25) is 0 Å². The van der Waals surface area contributed by atoms with Crippen LogP contribution in [0.25, 0.3) is 0 Å². The Morgan fingerprint density at radius 2 is 1.65 bits per heavy atom. The highest BCUT2D eigenvalue weighted by Crippen LogP contribution is 2.79. The first kappa shape index (κ1) is 23.6. The summed E-state index contributed by atoms with van der Waals surface area (Å²) in [5.74, 6) is 3.05. The molecule has 5 fully saturated rings. The van der Waals surface area contributed by atoms with Crippen molar-refractivity contribution >= 4 is 5.78 Å². The molecule has 6 aliphatic rings. The maximum Gasteiger partial charge on any atom is 0.162 e. The molecule has 1 spiro atoms. The van der Waals surface area contributed by atoms with Gasteiger partial charge in [-0.25, -0.2) is 0 Å². The lowest BCUT2D eigenvalue weighted by Crippen LogP contribution is -2.73. The number of methoxy groups -OCH3 is 1. The van der Waals surface area contributed by atoms with Gasteiger partial charge >= 0.3 is 0 Å². The van der Waals surface area contributed by atoms with E-state index in [-0.39, 0.29) is 27.9 Å². The fourth-order valence-corrected chi connectivity index (χ4v) is 11.5. The lowest BCUT2D eigenvalue weighted by Gasteiger charge is -2.77. The van der Waals surface area contributed by atoms with Crippen molar-refractivity contribution in [3.8, 4) is 0 Å². The Morgan fingerprint density at radius 3 is 2.38 bits per heavy atom. The molecule has 190 valence electrons. The van der Waals surface area contributed by atoms with Crippen molar-refractivity contribution in [2.24, 2.45) is 56.2 Å². The molecule has 1 heterocycles. The highest BCUT2D eigenvalue weighted by molar-refractivity contribution is 5.93. The van der Waals surface area contributed by atoms with E-state index in [1.807, 2.05) is 6.08 Å². The van der Waals surface area contributed by atoms with Crippen molar-refractivity contribution in [2.45, 2.75) is 99.3 Å². The van der Waals surface area contributed by atoms with Crippen molar-refractivity contribution in [3.63, 3.8) is 0 Å². The van der Waals surface area contributed by atoms with Gasteiger partial charge in [-0.1, -0.05) is 41.5 Å². The number of ketones is 1. The van der Waals surface area contributed by atoms with Gasteiger partial charge in [-0.2, -0.15) is 0 Å². The summed E-state index contributed by atoms with van der Waals surface area (Å²) < 4.78 is 12.8. The minimum Gasteiger partial charge on any atom is -0.501 e. The average Bonchev–Trinajstić information content (AvgIpc) is 2.79. The van der Waals surface area contributed by atoms with Crippen LogP contribution >= 0.6 is 0 Å². The number of rotatable bonds is 1. The second-order valence-electron chi connectivity index (χ2n) is 15.3. The Morgan fingerprint density at radius 1 is 0.912 bits per heavy atom. The summed E-state index contributed by atoms with van der Waals surface area (Å²) in [5, 5.41) is 0. The van der Waals surface area contributed by atoms with Crippen LogP contribution in [0.2, 0.25) is 0 Å². The number of hydrogen-bond donors (Lipinski definition) is 0. The van der Waals surface area contributed by atoms with E-state index in [2.05, 4.69) is 41.5 Å². The monoisotopic (exact) mass is 468 g/mol. The third-order valence-electron chi connectivity index (χ3n) is 13.6. The fraction of sp³-hybridized carbons (Fsp3) is 0.903. The van der Waals surface area contributed by atoms with E-state index in [9.17, 15) is 4.79 Å². The minimum atomic E-state index is -0.0285. The van der Waals surface area contributed by atoms with Gasteiger partial charge in [0.15, 0.2) is 5.78 Å². The molecule has 3 nitrogen and oxygen atoms in total. The van der Waals surface area contributed by atoms with Gasteiger partial charge < -0.3 is 9.47 Å². The van der Waals surface area contributed by atoms with Crippen LogP contribution in [0.4, 0.5) is 0 Å². The van der Waals surface area contributed by atoms with E-state index < -0.39 is 0 Å². The second-order valence-corrected chi connectivity index (χ2v) is 15.3. The molecule has 5 aliphatic carbocycles. The van der Waals surface area contributed by atoms with Crippen LogP contribution in [0.3, 0.4) is 0 Å². The van der Waals surface area contributed by atoms with Crippen LogP contribution in [0.1, 0.15) is 99.3 Å². The molecule has 0 radical (unpaired) electrons. The van der Waals surface area contributed by atoms with E-state index >= 15 is 0 Å². The number of carbonyl (C=O) groups excluding carboxylic acids is 1. The SMILES string of the molecule is COC1=CC(=O)[C@H](C)[C@@]2(C)CC[C@H]3[C@@]4(CC[C@@]5(C)[C@@H]6CC(C)(C)CC[C@]6(C)CC[C@]35COC4)[C@H]12. The second kappa shape index (κ2) is 6.93. The molecular weight excluding hydrogens is 420 g/mol. The van der Waals surface area contributed by atoms with E-state index in [1.165, 1.54) is 51.4 Å². The van der Waals surface area contributed by atoms with Gasteiger partial charge in [0.1, 0.15) is 5.76 Å². The highest BCUT2D eigenvalue weighted by atomic mass is 16.5. The summed E-state index contributed by atoms with van der Waals surface area (Å²) >= 11 is 0. The van der Waals surface area contributed by atoms with Crippen molar-refractivity contribution < 1.29 is 14.3 Å². The predicted molar refractivity (Wildman–Crippen MR) is 135 cm³/mol. The predicted octanol–water partition coefficient (Wildman–Crippen LogP) is 7.20. The Balaban J connectivity index is 1.48. The number of ether oxygens (including phenoxy) is 2. The smallest absolute Gasteiger partial charge is 0.162 e. The van der Waals surface area contributed by atoms with E-state index in [0.717, 1.165) is 31.3 Å². The third kappa shape index (κ3) is 2.61. The Labute approximate surface area is 207 Å². The van der Waals surface area contributed by atoms with Crippen LogP contribution in [-0.2, 0) is 14.3 Å². The quantitative estimate of drug-likeness (QED) is 0.408. The van der Waals surface area contributed by atoms with Crippen molar-refractivity contribution in [3.05, 3.63) is 11.8 Å². The standard InChI is InChI=1S/C31H48O3/c1-20-21(32)16-22(33-7)25-28(20,5)9-8-23-30(25)14-13-29(6)24-17-26(2,3)10-11-27(24,4)12-15-31(23,29)19-34-18-30/h16,20,23-25H,8-15,17-19H2,1-7H3/t20-,23-,24+,25+,27+,28+,29-,30-,31-/m0/s1. The zero-order chi connectivity index (χ0) is 24.4. The number of hydrogen-bond acceptors (Lipinski definition) is 3. The van der Waals surface area contributed by atoms with E-state index in [0.29, 0.717) is 28.1 Å². The number of fused-ring (bicyclic) bond motifs is 3. The van der Waals surface area contributed by atoms with Crippen LogP contribution in [0, 0.1) is 56.2 Å². The molecule has 0 amide bonds. The largest absolute Gasteiger partial charge is 0.501 e. The minimum absolute atomic E-state index is 0.0285. The summed E-state index contributed by atoms with van der Waals surface area (Å²) in [6, 6.07) is 0. The topological polar surface area (TPSA) is 35.5 Å². The molecular formula is C31H48O3. The first-order valence-electron chi connectivity index (χ1n) is 14.2. The summed E-state index contributed by atoms with van der Waals surface area (Å²) in [6.07, 6.45) is 13.6. The van der Waals surface area contributed by atoms with Crippen LogP contribution in [0.5, 0.6) is 0 Å². The molecule has 2 bridgehead atoms. The highest BCUT2D eigenvalue weighted by Gasteiger charge is 2.75. The molecule has 0 aromatic heterocycles. The van der Waals surface area contributed by atoms with Crippen LogP contribution in [0.15, 0.2) is 11.8 Å². The van der Waals surface area contributed by atoms with Gasteiger partial charge in [-0.3, -0.25) is 4.79 Å². The fourth-order valence-electron chi connectivity index (χ4n) is 11.5. The van der Waals surface area contributed by atoms with Gasteiger partial charge in [0.25, 0.3) is 0 Å². The molecule has 6 rings (SSSR count). The van der Waals surface area contributed by atoms with Gasteiger partial charge in [0.05, 0.1) is 20.3 Å². The van der Waals surface area contributed by atoms with Crippen molar-refractivity contribution in [1.82, 2.24) is 0 Å². The molecule has 0 aromatic rings. The molecule has 0 unspecified atom stereocenters. The first-order chi connectivity index (χ1) is 15.9. The summed E-state index contributed by atoms with van der Waals surface area (Å²) in [4.78, 5) is 13.0. The first-order valence-corrected chi connectivity index (χ1v) is 14.2. The third-order valence-corrected chi connectivity index (χ3v) is 13.6. The van der Waals surface area contributed by atoms with Gasteiger partial charge in [-0.05, 0) is 91.3 Å². The maximum absolute atomic E-state index is 13.0. The molecule has 34 heavy (non-hydrogen) atoms. The number of carbonyl (C=O) groups is 1. The lowest BCUT2D eigenvalue weighted by molar-refractivity contribution is -0.318. The molecule has 1 saturated heterocycles. The zero-order valence-electron chi connectivity index (χ0n) is 22.9. The van der Waals surface area contributed by atoms with Gasteiger partial charge in [0, 0.05) is 28.7 Å². The molecule has 0 N–H and O–H groups in total. The molecule has 4 saturated carbocycles. The van der Waals surface area contributed by atoms with E-state index in [1.54, 1.807) is 7.11 Å². The van der Waals surface area contributed by atoms with Crippen LogP contribution < -0.4 is 0 Å². The summed E-state index contributed by atoms with van der Waals surface area (Å²) in [5.41, 5.74) is 1.63. The Kier molecular flexibility index (Phi) is 4.80. The Bertz CT molecular complexity index is 935. The van der Waals surface area contributed by atoms with Gasteiger partial charge in [-0.15, -0.1) is 0 Å². The van der Waals surface area contributed by atoms with Crippen LogP contribution in [-0.4, -0.2) is 26.1 Å². The number of allylic oxidation sites excluding steroid dienone is 2. The van der Waals surface area contributed by atoms with E-state index in [4.69, 9.17) is 9.47 Å². The maximum atomic E-state index is 13.0. The molecule has 1 aliphatic heterocycles. The summed E-state index contributed by atoms with van der Waals surface area (Å²) in [7, 11) is 1.79. The zero-order valence-corrected chi connectivity index (χ0v) is 22.9. The Hall–Kier alpha value is -0.830. The average molecular weight is 469 g/mol. The summed E-state index contributed by atoms with van der Waals surface area (Å²) in [6.45, 7) is 16.7. The lowest BCUT2D eigenvalue weighted by atomic mass is 9.29. The molecule has 0 aromatic carbocycles. The molecule has 3 heteroatoms. The molecule has 9 atom stereocenters. The normalized spacial score (nSPS) is 55.7.